The van der Waals surface area contributed by atoms with Gasteiger partial charge >= 0.3 is 5.97 Å². The van der Waals surface area contributed by atoms with Gasteiger partial charge in [0.1, 0.15) is 0 Å². The highest BCUT2D eigenvalue weighted by atomic mass is 16.4. The van der Waals surface area contributed by atoms with Crippen molar-refractivity contribution in [3.05, 3.63) is 59.2 Å². The summed E-state index contributed by atoms with van der Waals surface area (Å²) >= 11 is 0. The molecular formula is C23H22N6O4. The van der Waals surface area contributed by atoms with E-state index in [0.717, 1.165) is 16.1 Å². The fourth-order valence-electron chi connectivity index (χ4n) is 3.48. The fourth-order valence-corrected chi connectivity index (χ4v) is 3.48. The molecular weight excluding hydrogens is 424 g/mol. The van der Waals surface area contributed by atoms with Crippen LogP contribution in [0.4, 0.5) is 11.4 Å². The van der Waals surface area contributed by atoms with Gasteiger partial charge in [0.05, 0.1) is 28.4 Å². The number of carbonyl (C=O) groups excluding carboxylic acids is 2. The molecule has 2 unspecified atom stereocenters. The van der Waals surface area contributed by atoms with Crippen LogP contribution < -0.4 is 10.0 Å². The largest absolute Gasteiger partial charge is 0.478 e. The number of rotatable bonds is 5. The summed E-state index contributed by atoms with van der Waals surface area (Å²) in [6.07, 6.45) is 0. The standard InChI is InChI=1S/C23H22N6O4/c1-12-5-8-18(11-13(12)2)29-22(31)20(15(4)27-29)25-24-19-14(3)26-28(21(19)30)17-9-6-16(7-10-17)23(32)33/h5-11,19-20H,1-4H3,(H,32,33)/b25-24+. The van der Waals surface area contributed by atoms with Gasteiger partial charge in [-0.15, -0.1) is 0 Å². The Balaban J connectivity index is 1.51. The van der Waals surface area contributed by atoms with Crippen molar-refractivity contribution in [3.63, 3.8) is 0 Å². The van der Waals surface area contributed by atoms with Crippen molar-refractivity contribution in [2.45, 2.75) is 39.8 Å². The first-order valence-electron chi connectivity index (χ1n) is 10.3. The Labute approximate surface area is 189 Å². The van der Waals surface area contributed by atoms with E-state index >= 15 is 0 Å². The third-order valence-electron chi connectivity index (χ3n) is 5.58. The molecule has 168 valence electrons. The third-order valence-corrected chi connectivity index (χ3v) is 5.58. The lowest BCUT2D eigenvalue weighted by Gasteiger charge is -2.14. The summed E-state index contributed by atoms with van der Waals surface area (Å²) in [5, 5.41) is 28.3. The zero-order valence-corrected chi connectivity index (χ0v) is 18.6. The molecule has 0 fully saturated rings. The number of nitrogens with zero attached hydrogens (tertiary/aromatic N) is 6. The lowest BCUT2D eigenvalue weighted by molar-refractivity contribution is -0.119. The zero-order valence-electron chi connectivity index (χ0n) is 18.6. The molecule has 0 bridgehead atoms. The number of amides is 2. The Bertz CT molecular complexity index is 1250. The Hall–Kier alpha value is -4.21. The van der Waals surface area contributed by atoms with Crippen molar-refractivity contribution in [3.8, 4) is 0 Å². The molecule has 10 nitrogen and oxygen atoms in total. The summed E-state index contributed by atoms with van der Waals surface area (Å²) in [7, 11) is 0. The predicted octanol–water partition coefficient (Wildman–Crippen LogP) is 3.34. The lowest BCUT2D eigenvalue weighted by Crippen LogP contribution is -2.32. The first-order chi connectivity index (χ1) is 15.7. The molecule has 0 saturated heterocycles. The van der Waals surface area contributed by atoms with Crippen LogP contribution in [-0.4, -0.2) is 46.4 Å². The van der Waals surface area contributed by atoms with Crippen molar-refractivity contribution >= 4 is 40.6 Å². The predicted molar refractivity (Wildman–Crippen MR) is 123 cm³/mol. The van der Waals surface area contributed by atoms with Gasteiger partial charge in [-0.1, -0.05) is 6.07 Å². The number of carbonyl (C=O) groups is 3. The van der Waals surface area contributed by atoms with Crippen LogP contribution in [0, 0.1) is 13.8 Å². The maximum Gasteiger partial charge on any atom is 0.335 e. The Morgan fingerprint density at radius 2 is 1.27 bits per heavy atom. The Kier molecular flexibility index (Phi) is 5.59. The number of hydrazone groups is 2. The minimum absolute atomic E-state index is 0.102. The molecule has 0 spiro atoms. The van der Waals surface area contributed by atoms with Crippen molar-refractivity contribution in [2.75, 3.05) is 10.0 Å². The van der Waals surface area contributed by atoms with Crippen LogP contribution in [-0.2, 0) is 9.59 Å². The normalized spacial score (nSPS) is 20.6. The highest BCUT2D eigenvalue weighted by Crippen LogP contribution is 2.26. The molecule has 1 N–H and O–H groups in total. The molecule has 33 heavy (non-hydrogen) atoms. The molecule has 10 heteroatoms. The molecule has 2 amide bonds. The summed E-state index contributed by atoms with van der Waals surface area (Å²) in [6.45, 7) is 7.28. The van der Waals surface area contributed by atoms with Crippen molar-refractivity contribution < 1.29 is 19.5 Å². The van der Waals surface area contributed by atoms with Gasteiger partial charge in [-0.2, -0.15) is 30.4 Å². The first-order valence-corrected chi connectivity index (χ1v) is 10.3. The van der Waals surface area contributed by atoms with Crippen LogP contribution in [0.25, 0.3) is 0 Å². The Morgan fingerprint density at radius 3 is 1.76 bits per heavy atom. The molecule has 0 saturated carbocycles. The van der Waals surface area contributed by atoms with E-state index in [1.165, 1.54) is 29.3 Å². The number of carboxylic acids is 1. The smallest absolute Gasteiger partial charge is 0.335 e. The first kappa shape index (κ1) is 22.0. The van der Waals surface area contributed by atoms with Gasteiger partial charge < -0.3 is 5.11 Å². The lowest BCUT2D eigenvalue weighted by atomic mass is 10.1. The van der Waals surface area contributed by atoms with Crippen LogP contribution >= 0.6 is 0 Å². The molecule has 2 aliphatic heterocycles. The van der Waals surface area contributed by atoms with Gasteiger partial charge in [0.25, 0.3) is 11.8 Å². The minimum atomic E-state index is -1.06. The summed E-state index contributed by atoms with van der Waals surface area (Å²) in [4.78, 5) is 36.8. The monoisotopic (exact) mass is 446 g/mol. The number of hydrogen-bond acceptors (Lipinski definition) is 7. The van der Waals surface area contributed by atoms with Gasteiger partial charge in [0, 0.05) is 0 Å². The molecule has 2 aromatic carbocycles. The van der Waals surface area contributed by atoms with Gasteiger partial charge in [-0.25, -0.2) is 4.79 Å². The minimum Gasteiger partial charge on any atom is -0.478 e. The number of aryl methyl sites for hydroxylation is 2. The molecule has 0 radical (unpaired) electrons. The maximum absolute atomic E-state index is 12.9. The summed E-state index contributed by atoms with van der Waals surface area (Å²) in [6, 6.07) is 9.51. The summed E-state index contributed by atoms with van der Waals surface area (Å²) in [5.74, 6) is -1.85. The number of anilines is 2. The molecule has 2 aliphatic rings. The third kappa shape index (κ3) is 4.02. The van der Waals surface area contributed by atoms with E-state index in [9.17, 15) is 14.4 Å². The summed E-state index contributed by atoms with van der Waals surface area (Å²) in [5.41, 5.74) is 4.20. The van der Waals surface area contributed by atoms with Crippen LogP contribution in [0.5, 0.6) is 0 Å². The second kappa shape index (κ2) is 8.38. The van der Waals surface area contributed by atoms with Crippen LogP contribution in [0.3, 0.4) is 0 Å². The Morgan fingerprint density at radius 1 is 0.788 bits per heavy atom. The number of benzene rings is 2. The van der Waals surface area contributed by atoms with Gasteiger partial charge in [0.2, 0.25) is 0 Å². The average Bonchev–Trinajstić information content (AvgIpc) is 3.23. The fraction of sp³-hybridized carbons (Fsp3) is 0.261. The summed E-state index contributed by atoms with van der Waals surface area (Å²) < 4.78 is 0. The van der Waals surface area contributed by atoms with Crippen LogP contribution in [0.2, 0.25) is 0 Å². The van der Waals surface area contributed by atoms with E-state index in [-0.39, 0.29) is 11.5 Å². The van der Waals surface area contributed by atoms with Crippen molar-refractivity contribution in [1.29, 1.82) is 0 Å². The van der Waals surface area contributed by atoms with Gasteiger partial charge in [-0.05, 0) is 75.2 Å². The van der Waals surface area contributed by atoms with E-state index in [4.69, 9.17) is 5.11 Å². The zero-order chi connectivity index (χ0) is 23.9. The van der Waals surface area contributed by atoms with E-state index in [0.29, 0.717) is 22.8 Å². The van der Waals surface area contributed by atoms with Gasteiger partial charge in [-0.3, -0.25) is 9.59 Å². The van der Waals surface area contributed by atoms with E-state index in [2.05, 4.69) is 20.4 Å². The maximum atomic E-state index is 12.9. The molecule has 0 aromatic heterocycles. The topological polar surface area (TPSA) is 127 Å². The van der Waals surface area contributed by atoms with E-state index in [1.54, 1.807) is 13.8 Å². The van der Waals surface area contributed by atoms with Crippen LogP contribution in [0.15, 0.2) is 62.9 Å². The number of azo groups is 1. The molecule has 4 rings (SSSR count). The number of hydrogen-bond donors (Lipinski definition) is 1. The molecule has 2 heterocycles. The molecule has 0 aliphatic carbocycles. The second-order valence-electron chi connectivity index (χ2n) is 7.94. The SMILES string of the molecule is CC1=NN(c2ccc(C(=O)O)cc2)C(=O)C1/N=N/C1C(=O)N(c2ccc(C)c(C)c2)N=C1C. The highest BCUT2D eigenvalue weighted by molar-refractivity contribution is 6.19. The van der Waals surface area contributed by atoms with Gasteiger partial charge in [0.15, 0.2) is 12.1 Å². The van der Waals surface area contributed by atoms with E-state index < -0.39 is 24.0 Å². The van der Waals surface area contributed by atoms with Crippen molar-refractivity contribution in [1.82, 2.24) is 0 Å². The van der Waals surface area contributed by atoms with E-state index in [1.807, 2.05) is 32.0 Å². The number of carboxylic acid groups (broad SMARTS) is 1. The molecule has 2 atom stereocenters. The second-order valence-corrected chi connectivity index (χ2v) is 7.94. The molecule has 2 aromatic rings. The van der Waals surface area contributed by atoms with Crippen LogP contribution in [0.1, 0.15) is 35.3 Å². The highest BCUT2D eigenvalue weighted by Gasteiger charge is 2.38. The van der Waals surface area contributed by atoms with Crippen molar-refractivity contribution in [2.24, 2.45) is 20.4 Å². The average molecular weight is 446 g/mol. The quantitative estimate of drug-likeness (QED) is 0.707. The number of aromatic carboxylic acids is 1.